The average molecular weight is 368 g/mol. The van der Waals surface area contributed by atoms with Crippen molar-refractivity contribution in [1.29, 1.82) is 0 Å². The number of thioether (sulfide) groups is 1. The molecule has 0 fully saturated rings. The predicted octanol–water partition coefficient (Wildman–Crippen LogP) is 4.68. The van der Waals surface area contributed by atoms with Crippen LogP contribution in [0.25, 0.3) is 0 Å². The van der Waals surface area contributed by atoms with Crippen molar-refractivity contribution < 1.29 is 4.74 Å². The second-order valence-electron chi connectivity index (χ2n) is 6.22. The van der Waals surface area contributed by atoms with Gasteiger partial charge in [0.25, 0.3) is 0 Å². The molecule has 136 valence electrons. The zero-order valence-electron chi connectivity index (χ0n) is 15.6. The van der Waals surface area contributed by atoms with Gasteiger partial charge in [-0.15, -0.1) is 10.2 Å². The minimum atomic E-state index is 0.654. The zero-order valence-corrected chi connectivity index (χ0v) is 16.4. The second kappa shape index (κ2) is 8.90. The Bertz CT molecular complexity index is 825. The molecule has 0 atom stereocenters. The van der Waals surface area contributed by atoms with Crippen LogP contribution >= 0.6 is 11.8 Å². The van der Waals surface area contributed by atoms with Gasteiger partial charge in [-0.25, -0.2) is 0 Å². The Balaban J connectivity index is 1.58. The molecule has 5 heteroatoms. The van der Waals surface area contributed by atoms with Gasteiger partial charge in [-0.1, -0.05) is 60.3 Å². The molecule has 0 N–H and O–H groups in total. The molecule has 3 rings (SSSR count). The van der Waals surface area contributed by atoms with Crippen LogP contribution in [0, 0.1) is 13.8 Å². The van der Waals surface area contributed by atoms with Crippen LogP contribution < -0.4 is 4.74 Å². The van der Waals surface area contributed by atoms with E-state index >= 15 is 0 Å². The van der Waals surface area contributed by atoms with Crippen LogP contribution in [0.15, 0.2) is 53.7 Å². The third kappa shape index (κ3) is 4.47. The zero-order chi connectivity index (χ0) is 18.4. The second-order valence-corrected chi connectivity index (χ2v) is 7.29. The van der Waals surface area contributed by atoms with E-state index in [0.717, 1.165) is 35.4 Å². The van der Waals surface area contributed by atoms with Crippen molar-refractivity contribution in [2.24, 2.45) is 0 Å². The van der Waals surface area contributed by atoms with E-state index in [0.29, 0.717) is 6.61 Å². The summed E-state index contributed by atoms with van der Waals surface area (Å²) >= 11 is 1.70. The third-order valence-electron chi connectivity index (χ3n) is 4.28. The minimum absolute atomic E-state index is 0.654. The highest BCUT2D eigenvalue weighted by atomic mass is 32.2. The van der Waals surface area contributed by atoms with Crippen LogP contribution in [0.5, 0.6) is 5.75 Å². The Morgan fingerprint density at radius 2 is 1.69 bits per heavy atom. The number of hydrogen-bond donors (Lipinski definition) is 0. The molecule has 0 bridgehead atoms. The summed E-state index contributed by atoms with van der Waals surface area (Å²) in [5.74, 6) is 2.85. The molecule has 0 saturated heterocycles. The number of ether oxygens (including phenoxy) is 1. The molecular weight excluding hydrogens is 342 g/mol. The van der Waals surface area contributed by atoms with Gasteiger partial charge >= 0.3 is 0 Å². The molecule has 3 aromatic rings. The molecule has 0 amide bonds. The molecule has 1 aromatic heterocycles. The molecule has 26 heavy (non-hydrogen) atoms. The number of aromatic nitrogens is 3. The topological polar surface area (TPSA) is 39.9 Å². The molecule has 0 saturated carbocycles. The highest BCUT2D eigenvalue weighted by Gasteiger charge is 2.12. The molecule has 4 nitrogen and oxygen atoms in total. The number of nitrogens with zero attached hydrogens (tertiary/aromatic N) is 3. The SMILES string of the molecule is CCn1c(Cc2ccccc2)nnc1SCCOc1c(C)cccc1C. The van der Waals surface area contributed by atoms with Crippen LogP contribution in [0.2, 0.25) is 0 Å². The van der Waals surface area contributed by atoms with E-state index < -0.39 is 0 Å². The first-order valence-electron chi connectivity index (χ1n) is 8.97. The summed E-state index contributed by atoms with van der Waals surface area (Å²) in [6.45, 7) is 7.82. The maximum Gasteiger partial charge on any atom is 0.191 e. The van der Waals surface area contributed by atoms with Gasteiger partial charge < -0.3 is 9.30 Å². The monoisotopic (exact) mass is 367 g/mol. The summed E-state index contributed by atoms with van der Waals surface area (Å²) < 4.78 is 8.18. The molecule has 1 heterocycles. The van der Waals surface area contributed by atoms with Gasteiger partial charge in [0.05, 0.1) is 6.61 Å². The number of rotatable bonds is 8. The largest absolute Gasteiger partial charge is 0.492 e. The van der Waals surface area contributed by atoms with Crippen LogP contribution in [-0.4, -0.2) is 27.1 Å². The van der Waals surface area contributed by atoms with Gasteiger partial charge in [-0.3, -0.25) is 0 Å². The molecule has 2 aromatic carbocycles. The van der Waals surface area contributed by atoms with Crippen molar-refractivity contribution in [3.63, 3.8) is 0 Å². The van der Waals surface area contributed by atoms with E-state index in [9.17, 15) is 0 Å². The van der Waals surface area contributed by atoms with Gasteiger partial charge in [0.1, 0.15) is 11.6 Å². The first-order valence-corrected chi connectivity index (χ1v) is 9.95. The molecule has 0 spiro atoms. The van der Waals surface area contributed by atoms with Crippen LogP contribution in [0.4, 0.5) is 0 Å². The number of benzene rings is 2. The highest BCUT2D eigenvalue weighted by molar-refractivity contribution is 7.99. The molecule has 0 aliphatic rings. The molecule has 0 unspecified atom stereocenters. The smallest absolute Gasteiger partial charge is 0.191 e. The van der Waals surface area contributed by atoms with Gasteiger partial charge in [0.15, 0.2) is 5.16 Å². The van der Waals surface area contributed by atoms with Crippen molar-refractivity contribution in [1.82, 2.24) is 14.8 Å². The lowest BCUT2D eigenvalue weighted by molar-refractivity contribution is 0.339. The lowest BCUT2D eigenvalue weighted by atomic mass is 10.1. The number of hydrogen-bond acceptors (Lipinski definition) is 4. The minimum Gasteiger partial charge on any atom is -0.492 e. The van der Waals surface area contributed by atoms with E-state index in [1.165, 1.54) is 16.7 Å². The summed E-state index contributed by atoms with van der Waals surface area (Å²) in [6, 6.07) is 16.6. The lowest BCUT2D eigenvalue weighted by Crippen LogP contribution is -2.06. The third-order valence-corrected chi connectivity index (χ3v) is 5.22. The fourth-order valence-electron chi connectivity index (χ4n) is 2.96. The first kappa shape index (κ1) is 18.5. The number of aryl methyl sites for hydroxylation is 2. The summed E-state index contributed by atoms with van der Waals surface area (Å²) in [4.78, 5) is 0. The molecular formula is C21H25N3OS. The van der Waals surface area contributed by atoms with Gasteiger partial charge in [-0.05, 0) is 37.5 Å². The Kier molecular flexibility index (Phi) is 6.34. The van der Waals surface area contributed by atoms with E-state index in [2.05, 4.69) is 78.0 Å². The quantitative estimate of drug-likeness (QED) is 0.428. The lowest BCUT2D eigenvalue weighted by Gasteiger charge is -2.12. The van der Waals surface area contributed by atoms with Crippen LogP contribution in [-0.2, 0) is 13.0 Å². The van der Waals surface area contributed by atoms with E-state index in [-0.39, 0.29) is 0 Å². The Labute approximate surface area is 159 Å². The fourth-order valence-corrected chi connectivity index (χ4v) is 3.79. The summed E-state index contributed by atoms with van der Waals surface area (Å²) in [6.07, 6.45) is 0.807. The predicted molar refractivity (Wildman–Crippen MR) is 107 cm³/mol. The highest BCUT2D eigenvalue weighted by Crippen LogP contribution is 2.23. The van der Waals surface area contributed by atoms with Crippen LogP contribution in [0.3, 0.4) is 0 Å². The summed E-state index contributed by atoms with van der Waals surface area (Å²) in [7, 11) is 0. The Morgan fingerprint density at radius 3 is 2.38 bits per heavy atom. The van der Waals surface area contributed by atoms with Gasteiger partial charge in [-0.2, -0.15) is 0 Å². The molecule has 0 radical (unpaired) electrons. The van der Waals surface area contributed by atoms with Gasteiger partial charge in [0, 0.05) is 18.7 Å². The summed E-state index contributed by atoms with van der Waals surface area (Å²) in [5.41, 5.74) is 3.61. The van der Waals surface area contributed by atoms with E-state index in [1.54, 1.807) is 11.8 Å². The van der Waals surface area contributed by atoms with Crippen molar-refractivity contribution in [2.45, 2.75) is 38.9 Å². The van der Waals surface area contributed by atoms with Crippen molar-refractivity contribution in [3.05, 3.63) is 71.0 Å². The average Bonchev–Trinajstić information content (AvgIpc) is 3.03. The maximum absolute atomic E-state index is 5.99. The van der Waals surface area contributed by atoms with Crippen molar-refractivity contribution in [2.75, 3.05) is 12.4 Å². The maximum atomic E-state index is 5.99. The summed E-state index contributed by atoms with van der Waals surface area (Å²) in [5, 5.41) is 9.74. The Morgan fingerprint density at radius 1 is 0.962 bits per heavy atom. The van der Waals surface area contributed by atoms with Crippen LogP contribution in [0.1, 0.15) is 29.4 Å². The first-order chi connectivity index (χ1) is 12.7. The van der Waals surface area contributed by atoms with E-state index in [4.69, 9.17) is 4.74 Å². The van der Waals surface area contributed by atoms with Crippen molar-refractivity contribution >= 4 is 11.8 Å². The number of para-hydroxylation sites is 1. The standard InChI is InChI=1S/C21H25N3OS/c1-4-24-19(15-18-11-6-5-7-12-18)22-23-21(24)26-14-13-25-20-16(2)9-8-10-17(20)3/h5-12H,4,13-15H2,1-3H3. The molecule has 0 aliphatic carbocycles. The van der Waals surface area contributed by atoms with E-state index in [1.807, 2.05) is 6.07 Å². The Hall–Kier alpha value is -2.27. The fraction of sp³-hybridized carbons (Fsp3) is 0.333. The normalized spacial score (nSPS) is 10.9. The van der Waals surface area contributed by atoms with Gasteiger partial charge in [0.2, 0.25) is 0 Å². The van der Waals surface area contributed by atoms with Crippen molar-refractivity contribution in [3.8, 4) is 5.75 Å². The molecule has 0 aliphatic heterocycles.